The highest BCUT2D eigenvalue weighted by Crippen LogP contribution is 2.28. The molecule has 2 aliphatic rings. The second kappa shape index (κ2) is 9.01. The summed E-state index contributed by atoms with van der Waals surface area (Å²) >= 11 is 0. The van der Waals surface area contributed by atoms with Gasteiger partial charge in [-0.05, 0) is 49.4 Å². The Morgan fingerprint density at radius 3 is 2.71 bits per heavy atom. The molecule has 164 valence electrons. The van der Waals surface area contributed by atoms with Crippen LogP contribution in [0.4, 0.5) is 15.9 Å². The first-order valence-electron chi connectivity index (χ1n) is 10.6. The van der Waals surface area contributed by atoms with Gasteiger partial charge in [0, 0.05) is 51.9 Å². The molecule has 0 spiro atoms. The van der Waals surface area contributed by atoms with Crippen molar-refractivity contribution in [1.29, 1.82) is 0 Å². The number of nitrogens with one attached hydrogen (secondary N) is 1. The smallest absolute Gasteiger partial charge is 0.227 e. The molecule has 2 aliphatic heterocycles. The number of hydrogen-bond acceptors (Lipinski definition) is 5. The number of likely N-dealkylation sites (N-methyl/N-ethyl adjacent to an activating group) is 1. The van der Waals surface area contributed by atoms with Crippen LogP contribution < -0.4 is 15.1 Å². The minimum absolute atomic E-state index is 0.0854. The van der Waals surface area contributed by atoms with Crippen LogP contribution in [-0.4, -0.2) is 61.5 Å². The molecular formula is C23H28FN5O2. The van der Waals surface area contributed by atoms with Crippen molar-refractivity contribution < 1.29 is 14.0 Å². The molecule has 1 unspecified atom stereocenters. The minimum Gasteiger partial charge on any atom is -0.354 e. The van der Waals surface area contributed by atoms with Crippen molar-refractivity contribution >= 4 is 23.3 Å². The molecule has 0 bridgehead atoms. The molecule has 7 nitrogen and oxygen atoms in total. The molecule has 2 aromatic rings. The number of anilines is 2. The van der Waals surface area contributed by atoms with Gasteiger partial charge in [0.2, 0.25) is 11.8 Å². The quantitative estimate of drug-likeness (QED) is 0.793. The van der Waals surface area contributed by atoms with Crippen LogP contribution in [0.15, 0.2) is 36.5 Å². The first-order valence-corrected chi connectivity index (χ1v) is 10.6. The third-order valence-electron chi connectivity index (χ3n) is 5.99. The van der Waals surface area contributed by atoms with Crippen LogP contribution in [0.1, 0.15) is 17.5 Å². The summed E-state index contributed by atoms with van der Waals surface area (Å²) in [6, 6.07) is 8.64. The number of carbonyl (C=O) groups excluding carboxylic acids is 2. The van der Waals surface area contributed by atoms with Crippen molar-refractivity contribution in [3.8, 4) is 0 Å². The molecule has 0 saturated carbocycles. The molecular weight excluding hydrogens is 397 g/mol. The van der Waals surface area contributed by atoms with Crippen molar-refractivity contribution in [2.45, 2.75) is 19.9 Å². The van der Waals surface area contributed by atoms with Crippen LogP contribution in [0.2, 0.25) is 0 Å². The third-order valence-corrected chi connectivity index (χ3v) is 5.99. The van der Waals surface area contributed by atoms with E-state index in [9.17, 15) is 14.0 Å². The number of rotatable bonds is 5. The third kappa shape index (κ3) is 4.85. The number of piperazine rings is 1. The van der Waals surface area contributed by atoms with E-state index in [1.54, 1.807) is 25.3 Å². The number of benzene rings is 1. The maximum Gasteiger partial charge on any atom is 0.227 e. The molecule has 0 aliphatic carbocycles. The lowest BCUT2D eigenvalue weighted by atomic mass is 10.1. The summed E-state index contributed by atoms with van der Waals surface area (Å²) in [6.07, 6.45) is 1.85. The molecule has 8 heteroatoms. The Kier molecular flexibility index (Phi) is 6.18. The van der Waals surface area contributed by atoms with Gasteiger partial charge >= 0.3 is 0 Å². The maximum atomic E-state index is 14.3. The zero-order chi connectivity index (χ0) is 22.0. The molecule has 1 N–H and O–H groups in total. The van der Waals surface area contributed by atoms with Gasteiger partial charge in [0.1, 0.15) is 11.6 Å². The Morgan fingerprint density at radius 1 is 1.19 bits per heavy atom. The summed E-state index contributed by atoms with van der Waals surface area (Å²) in [5, 5.41) is 2.93. The summed E-state index contributed by atoms with van der Waals surface area (Å²) in [5.41, 5.74) is 1.98. The van der Waals surface area contributed by atoms with Crippen LogP contribution in [0.5, 0.6) is 0 Å². The SMILES string of the molecule is Cc1ccc(N2CC(C(=O)NCc3ccnc(N4CCN(C)CC4)c3)CC2=O)c(F)c1. The Morgan fingerprint density at radius 2 is 1.97 bits per heavy atom. The molecule has 2 saturated heterocycles. The average Bonchev–Trinajstić information content (AvgIpc) is 3.14. The first-order chi connectivity index (χ1) is 14.9. The highest BCUT2D eigenvalue weighted by atomic mass is 19.1. The summed E-state index contributed by atoms with van der Waals surface area (Å²) in [7, 11) is 2.11. The van der Waals surface area contributed by atoms with E-state index in [2.05, 4.69) is 27.1 Å². The molecule has 2 amide bonds. The fourth-order valence-corrected chi connectivity index (χ4v) is 4.06. The van der Waals surface area contributed by atoms with Gasteiger partial charge in [-0.25, -0.2) is 9.37 Å². The molecule has 0 radical (unpaired) electrons. The van der Waals surface area contributed by atoms with Gasteiger partial charge in [-0.15, -0.1) is 0 Å². The van der Waals surface area contributed by atoms with Crippen molar-refractivity contribution in [2.24, 2.45) is 5.92 Å². The largest absolute Gasteiger partial charge is 0.354 e. The molecule has 2 fully saturated rings. The lowest BCUT2D eigenvalue weighted by Gasteiger charge is -2.33. The minimum atomic E-state index is -0.493. The predicted molar refractivity (Wildman–Crippen MR) is 117 cm³/mol. The number of carbonyl (C=O) groups is 2. The lowest BCUT2D eigenvalue weighted by molar-refractivity contribution is -0.126. The van der Waals surface area contributed by atoms with E-state index < -0.39 is 11.7 Å². The molecule has 31 heavy (non-hydrogen) atoms. The van der Waals surface area contributed by atoms with E-state index in [1.165, 1.54) is 11.0 Å². The Bertz CT molecular complexity index is 974. The summed E-state index contributed by atoms with van der Waals surface area (Å²) in [5.74, 6) is -0.447. The second-order valence-electron chi connectivity index (χ2n) is 8.39. The van der Waals surface area contributed by atoms with Crippen molar-refractivity contribution in [2.75, 3.05) is 49.6 Å². The van der Waals surface area contributed by atoms with Crippen molar-refractivity contribution in [1.82, 2.24) is 15.2 Å². The standard InChI is InChI=1S/C23H28FN5O2/c1-16-3-4-20(19(24)11-16)29-15-18(13-22(29)30)23(31)26-14-17-5-6-25-21(12-17)28-9-7-27(2)8-10-28/h3-6,11-12,18H,7-10,13-15H2,1-2H3,(H,26,31). The molecule has 1 aromatic carbocycles. The van der Waals surface area contributed by atoms with Crippen LogP contribution in [-0.2, 0) is 16.1 Å². The second-order valence-corrected chi connectivity index (χ2v) is 8.39. The van der Waals surface area contributed by atoms with E-state index in [-0.39, 0.29) is 30.5 Å². The predicted octanol–water partition coefficient (Wildman–Crippen LogP) is 1.95. The van der Waals surface area contributed by atoms with Crippen LogP contribution in [0, 0.1) is 18.7 Å². The van der Waals surface area contributed by atoms with Gasteiger partial charge in [0.05, 0.1) is 11.6 Å². The van der Waals surface area contributed by atoms with Crippen LogP contribution in [0.3, 0.4) is 0 Å². The average molecular weight is 426 g/mol. The Balaban J connectivity index is 1.35. The van der Waals surface area contributed by atoms with Gasteiger partial charge in [0.15, 0.2) is 0 Å². The zero-order valence-corrected chi connectivity index (χ0v) is 18.0. The van der Waals surface area contributed by atoms with Crippen molar-refractivity contribution in [3.05, 3.63) is 53.5 Å². The number of amides is 2. The van der Waals surface area contributed by atoms with E-state index >= 15 is 0 Å². The van der Waals surface area contributed by atoms with E-state index in [0.717, 1.165) is 43.1 Å². The number of halogens is 1. The van der Waals surface area contributed by atoms with Gasteiger partial charge in [-0.1, -0.05) is 6.07 Å². The number of aromatic nitrogens is 1. The van der Waals surface area contributed by atoms with Crippen LogP contribution in [0.25, 0.3) is 0 Å². The maximum absolute atomic E-state index is 14.3. The fraction of sp³-hybridized carbons (Fsp3) is 0.435. The number of hydrogen-bond donors (Lipinski definition) is 1. The Labute approximate surface area is 181 Å². The molecule has 1 atom stereocenters. The molecule has 1 aromatic heterocycles. The summed E-state index contributed by atoms with van der Waals surface area (Å²) in [6.45, 7) is 6.19. The van der Waals surface area contributed by atoms with Crippen LogP contribution >= 0.6 is 0 Å². The number of nitrogens with zero attached hydrogens (tertiary/aromatic N) is 4. The van der Waals surface area contributed by atoms with E-state index in [1.807, 2.05) is 12.1 Å². The van der Waals surface area contributed by atoms with E-state index in [0.29, 0.717) is 6.54 Å². The highest BCUT2D eigenvalue weighted by molar-refractivity contribution is 6.00. The summed E-state index contributed by atoms with van der Waals surface area (Å²) < 4.78 is 14.3. The van der Waals surface area contributed by atoms with Gasteiger partial charge in [-0.3, -0.25) is 9.59 Å². The fourth-order valence-electron chi connectivity index (χ4n) is 4.06. The molecule has 3 heterocycles. The zero-order valence-electron chi connectivity index (χ0n) is 18.0. The molecule has 4 rings (SSSR count). The monoisotopic (exact) mass is 425 g/mol. The number of pyridine rings is 1. The van der Waals surface area contributed by atoms with E-state index in [4.69, 9.17) is 0 Å². The van der Waals surface area contributed by atoms with Gasteiger partial charge in [-0.2, -0.15) is 0 Å². The topological polar surface area (TPSA) is 68.8 Å². The van der Waals surface area contributed by atoms with Crippen molar-refractivity contribution in [3.63, 3.8) is 0 Å². The normalized spacial score (nSPS) is 19.7. The Hall–Kier alpha value is -3.00. The van der Waals surface area contributed by atoms with Gasteiger partial charge < -0.3 is 20.0 Å². The highest BCUT2D eigenvalue weighted by Gasteiger charge is 2.36. The van der Waals surface area contributed by atoms with Gasteiger partial charge in [0.25, 0.3) is 0 Å². The first kappa shape index (κ1) is 21.2. The lowest BCUT2D eigenvalue weighted by Crippen LogP contribution is -2.44. The summed E-state index contributed by atoms with van der Waals surface area (Å²) in [4.78, 5) is 35.5. The number of aryl methyl sites for hydroxylation is 1.